The predicted octanol–water partition coefficient (Wildman–Crippen LogP) is 1.72. The third-order valence-corrected chi connectivity index (χ3v) is 3.02. The van der Waals surface area contributed by atoms with Gasteiger partial charge < -0.3 is 15.2 Å². The van der Waals surface area contributed by atoms with Crippen LogP contribution in [0.1, 0.15) is 33.3 Å². The maximum absolute atomic E-state index is 12.2. The van der Waals surface area contributed by atoms with Crippen LogP contribution in [0, 0.1) is 0 Å². The molecule has 3 N–H and O–H groups in total. The van der Waals surface area contributed by atoms with Crippen LogP contribution in [0.5, 0.6) is 5.75 Å². The van der Waals surface area contributed by atoms with Crippen molar-refractivity contribution in [2.75, 3.05) is 12.4 Å². The number of anilines is 1. The lowest BCUT2D eigenvalue weighted by Gasteiger charge is -2.09. The lowest BCUT2D eigenvalue weighted by molar-refractivity contribution is 0.0595. The third-order valence-electron chi connectivity index (χ3n) is 3.02. The molecule has 2 rings (SSSR count). The molecule has 0 fully saturated rings. The average molecular weight is 289 g/mol. The van der Waals surface area contributed by atoms with Crippen LogP contribution in [0.2, 0.25) is 0 Å². The number of aromatic amines is 1. The maximum atomic E-state index is 12.2. The Morgan fingerprint density at radius 2 is 2.19 bits per heavy atom. The number of hydrogen-bond donors (Lipinski definition) is 3. The van der Waals surface area contributed by atoms with E-state index in [1.807, 2.05) is 6.92 Å². The minimum absolute atomic E-state index is 0.0389. The molecule has 7 heteroatoms. The quantitative estimate of drug-likeness (QED) is 0.743. The fraction of sp³-hybridized carbons (Fsp3) is 0.214. The number of benzene rings is 1. The Balaban J connectivity index is 2.27. The second-order valence-corrected chi connectivity index (χ2v) is 4.27. The van der Waals surface area contributed by atoms with Crippen LogP contribution >= 0.6 is 0 Å². The predicted molar refractivity (Wildman–Crippen MR) is 75.4 cm³/mol. The summed E-state index contributed by atoms with van der Waals surface area (Å²) in [5, 5.41) is 18.7. The van der Waals surface area contributed by atoms with Gasteiger partial charge in [0.25, 0.3) is 5.91 Å². The molecule has 1 amide bonds. The van der Waals surface area contributed by atoms with E-state index in [4.69, 9.17) is 0 Å². The molecule has 0 radical (unpaired) electrons. The summed E-state index contributed by atoms with van der Waals surface area (Å²) in [6.45, 7) is 1.88. The first-order valence-corrected chi connectivity index (χ1v) is 6.32. The molecule has 2 aromatic rings. The number of phenols is 1. The molecule has 1 aromatic carbocycles. The number of nitrogens with zero attached hydrogens (tertiary/aromatic N) is 1. The van der Waals surface area contributed by atoms with Gasteiger partial charge in [-0.3, -0.25) is 9.89 Å². The lowest BCUT2D eigenvalue weighted by atomic mass is 10.1. The van der Waals surface area contributed by atoms with Crippen LogP contribution in [0.4, 0.5) is 5.69 Å². The van der Waals surface area contributed by atoms with Gasteiger partial charge in [0.15, 0.2) is 5.69 Å². The number of methoxy groups -OCH3 is 1. The molecule has 21 heavy (non-hydrogen) atoms. The number of aryl methyl sites for hydroxylation is 1. The number of aromatic hydroxyl groups is 1. The number of carbonyl (C=O) groups is 2. The largest absolute Gasteiger partial charge is 0.507 e. The molecule has 0 aliphatic heterocycles. The highest BCUT2D eigenvalue weighted by molar-refractivity contribution is 6.08. The summed E-state index contributed by atoms with van der Waals surface area (Å²) in [5.74, 6) is -1.25. The van der Waals surface area contributed by atoms with Gasteiger partial charge in [0, 0.05) is 0 Å². The molecule has 1 aromatic heterocycles. The van der Waals surface area contributed by atoms with Crippen molar-refractivity contribution in [3.8, 4) is 5.75 Å². The normalized spacial score (nSPS) is 10.2. The number of hydrogen-bond acceptors (Lipinski definition) is 5. The number of rotatable bonds is 4. The molecule has 7 nitrogen and oxygen atoms in total. The van der Waals surface area contributed by atoms with Crippen LogP contribution in [0.15, 0.2) is 24.4 Å². The summed E-state index contributed by atoms with van der Waals surface area (Å²) < 4.78 is 4.57. The standard InChI is InChI=1S/C14H15N3O4/c1-3-8-5-4-6-9(12(8)18)13(19)16-10-7-15-17-11(10)14(20)21-2/h4-7,18H,3H2,1-2H3,(H,15,17)(H,16,19). The van der Waals surface area contributed by atoms with Crippen molar-refractivity contribution in [2.45, 2.75) is 13.3 Å². The Bertz CT molecular complexity index is 679. The van der Waals surface area contributed by atoms with Crippen molar-refractivity contribution < 1.29 is 19.4 Å². The lowest BCUT2D eigenvalue weighted by Crippen LogP contribution is -2.15. The molecule has 0 atom stereocenters. The van der Waals surface area contributed by atoms with Gasteiger partial charge in [0.05, 0.1) is 24.6 Å². The van der Waals surface area contributed by atoms with E-state index < -0.39 is 11.9 Å². The Morgan fingerprint density at radius 3 is 2.86 bits per heavy atom. The van der Waals surface area contributed by atoms with Crippen LogP contribution in [0.25, 0.3) is 0 Å². The first-order valence-electron chi connectivity index (χ1n) is 6.32. The Hall–Kier alpha value is -2.83. The minimum Gasteiger partial charge on any atom is -0.507 e. The van der Waals surface area contributed by atoms with E-state index in [-0.39, 0.29) is 22.7 Å². The van der Waals surface area contributed by atoms with Crippen molar-refractivity contribution >= 4 is 17.6 Å². The number of esters is 1. The van der Waals surface area contributed by atoms with Crippen LogP contribution < -0.4 is 5.32 Å². The number of phenolic OH excluding ortho intramolecular Hbond substituents is 1. The number of aromatic nitrogens is 2. The smallest absolute Gasteiger partial charge is 0.358 e. The van der Waals surface area contributed by atoms with Gasteiger partial charge in [-0.15, -0.1) is 0 Å². The maximum Gasteiger partial charge on any atom is 0.358 e. The first kappa shape index (κ1) is 14.6. The van der Waals surface area contributed by atoms with Crippen molar-refractivity contribution in [1.29, 1.82) is 0 Å². The molecule has 0 spiro atoms. The number of H-pyrrole nitrogens is 1. The summed E-state index contributed by atoms with van der Waals surface area (Å²) in [6, 6.07) is 4.93. The molecule has 0 saturated heterocycles. The zero-order valence-electron chi connectivity index (χ0n) is 11.6. The van der Waals surface area contributed by atoms with Crippen molar-refractivity contribution in [2.24, 2.45) is 0 Å². The molecule has 0 aliphatic rings. The SMILES string of the molecule is CCc1cccc(C(=O)Nc2cn[nH]c2C(=O)OC)c1O. The third kappa shape index (κ3) is 2.86. The van der Waals surface area contributed by atoms with E-state index >= 15 is 0 Å². The van der Waals surface area contributed by atoms with E-state index in [2.05, 4.69) is 20.3 Å². The highest BCUT2D eigenvalue weighted by Crippen LogP contribution is 2.24. The fourth-order valence-electron chi connectivity index (χ4n) is 1.89. The molecule has 1 heterocycles. The second-order valence-electron chi connectivity index (χ2n) is 4.27. The molecule has 0 bridgehead atoms. The van der Waals surface area contributed by atoms with Gasteiger partial charge in [-0.2, -0.15) is 5.10 Å². The highest BCUT2D eigenvalue weighted by Gasteiger charge is 2.19. The van der Waals surface area contributed by atoms with Crippen molar-refractivity contribution in [3.05, 3.63) is 41.2 Å². The van der Waals surface area contributed by atoms with Gasteiger partial charge in [-0.1, -0.05) is 19.1 Å². The number of amides is 1. The summed E-state index contributed by atoms with van der Waals surface area (Å²) in [5.41, 5.74) is 1.03. The van der Waals surface area contributed by atoms with E-state index in [1.54, 1.807) is 12.1 Å². The number of para-hydroxylation sites is 1. The van der Waals surface area contributed by atoms with E-state index in [0.29, 0.717) is 12.0 Å². The van der Waals surface area contributed by atoms with Crippen LogP contribution in [0.3, 0.4) is 0 Å². The number of nitrogens with one attached hydrogen (secondary N) is 2. The topological polar surface area (TPSA) is 104 Å². The first-order chi connectivity index (χ1) is 10.1. The Morgan fingerprint density at radius 1 is 1.43 bits per heavy atom. The van der Waals surface area contributed by atoms with E-state index in [0.717, 1.165) is 0 Å². The Labute approximate surface area is 120 Å². The molecule has 110 valence electrons. The van der Waals surface area contributed by atoms with Crippen LogP contribution in [-0.2, 0) is 11.2 Å². The molecule has 0 unspecified atom stereocenters. The molecular formula is C14H15N3O4. The average Bonchev–Trinajstić information content (AvgIpc) is 2.94. The fourth-order valence-corrected chi connectivity index (χ4v) is 1.89. The van der Waals surface area contributed by atoms with E-state index in [1.165, 1.54) is 19.4 Å². The van der Waals surface area contributed by atoms with Gasteiger partial charge in [0.1, 0.15) is 5.75 Å². The summed E-state index contributed by atoms with van der Waals surface area (Å²) in [6.07, 6.45) is 1.90. The minimum atomic E-state index is -0.644. The highest BCUT2D eigenvalue weighted by atomic mass is 16.5. The molecule has 0 aliphatic carbocycles. The van der Waals surface area contributed by atoms with Gasteiger partial charge in [-0.25, -0.2) is 4.79 Å². The van der Waals surface area contributed by atoms with E-state index in [9.17, 15) is 14.7 Å². The monoisotopic (exact) mass is 289 g/mol. The van der Waals surface area contributed by atoms with Gasteiger partial charge in [-0.05, 0) is 18.1 Å². The molecular weight excluding hydrogens is 274 g/mol. The summed E-state index contributed by atoms with van der Waals surface area (Å²) in [7, 11) is 1.23. The van der Waals surface area contributed by atoms with Crippen LogP contribution in [-0.4, -0.2) is 34.3 Å². The molecule has 0 saturated carbocycles. The van der Waals surface area contributed by atoms with Gasteiger partial charge in [0.2, 0.25) is 0 Å². The van der Waals surface area contributed by atoms with Crippen molar-refractivity contribution in [3.63, 3.8) is 0 Å². The summed E-state index contributed by atoms with van der Waals surface area (Å²) in [4.78, 5) is 23.7. The number of carbonyl (C=O) groups excluding carboxylic acids is 2. The Kier molecular flexibility index (Phi) is 4.22. The van der Waals surface area contributed by atoms with Gasteiger partial charge >= 0.3 is 5.97 Å². The summed E-state index contributed by atoms with van der Waals surface area (Å²) >= 11 is 0. The number of ether oxygens (including phenoxy) is 1. The second kappa shape index (κ2) is 6.08. The van der Waals surface area contributed by atoms with Crippen molar-refractivity contribution in [1.82, 2.24) is 10.2 Å². The zero-order valence-corrected chi connectivity index (χ0v) is 11.6. The zero-order chi connectivity index (χ0) is 15.4.